The summed E-state index contributed by atoms with van der Waals surface area (Å²) in [5.41, 5.74) is 6.97. The van der Waals surface area contributed by atoms with Crippen LogP contribution in [0, 0.1) is 0 Å². The van der Waals surface area contributed by atoms with Crippen LogP contribution in [0.15, 0.2) is 18.3 Å². The van der Waals surface area contributed by atoms with Crippen molar-refractivity contribution >= 4 is 0 Å². The Morgan fingerprint density at radius 1 is 1.47 bits per heavy atom. The first-order valence-electron chi connectivity index (χ1n) is 6.29. The molecule has 1 aromatic heterocycles. The Hall–Kier alpha value is -1.13. The first-order chi connectivity index (χ1) is 8.33. The Morgan fingerprint density at radius 3 is 2.76 bits per heavy atom. The van der Waals surface area contributed by atoms with Crippen LogP contribution in [0.5, 0.6) is 5.88 Å². The molecule has 2 rings (SSSR count). The van der Waals surface area contributed by atoms with Crippen LogP contribution >= 0.6 is 0 Å². The molecule has 0 radical (unpaired) electrons. The third kappa shape index (κ3) is 3.17. The maximum Gasteiger partial charge on any atom is 0.212 e. The second kappa shape index (κ2) is 5.98. The molecule has 0 saturated heterocycles. The molecular weight excluding hydrogens is 214 g/mol. The molecule has 0 amide bonds. The van der Waals surface area contributed by atoms with Crippen molar-refractivity contribution in [2.24, 2.45) is 5.73 Å². The fraction of sp³-hybridized carbons (Fsp3) is 0.615. The molecule has 0 spiro atoms. The highest BCUT2D eigenvalue weighted by atomic mass is 16.5. The molecule has 17 heavy (non-hydrogen) atoms. The summed E-state index contributed by atoms with van der Waals surface area (Å²) < 4.78 is 5.05. The van der Waals surface area contributed by atoms with Gasteiger partial charge in [0.1, 0.15) is 0 Å². The van der Waals surface area contributed by atoms with E-state index < -0.39 is 0 Å². The van der Waals surface area contributed by atoms with Crippen molar-refractivity contribution in [2.75, 3.05) is 13.7 Å². The fourth-order valence-corrected chi connectivity index (χ4v) is 2.40. The summed E-state index contributed by atoms with van der Waals surface area (Å²) in [5.74, 6) is 0.644. The molecule has 1 aromatic rings. The van der Waals surface area contributed by atoms with Crippen LogP contribution in [0.25, 0.3) is 0 Å². The third-order valence-electron chi connectivity index (χ3n) is 3.40. The molecule has 1 saturated carbocycles. The zero-order valence-corrected chi connectivity index (χ0v) is 10.4. The average molecular weight is 235 g/mol. The van der Waals surface area contributed by atoms with Gasteiger partial charge in [-0.05, 0) is 18.4 Å². The lowest BCUT2D eigenvalue weighted by Gasteiger charge is -2.21. The molecule has 1 atom stereocenters. The number of rotatable bonds is 5. The van der Waals surface area contributed by atoms with E-state index in [-0.39, 0.29) is 6.04 Å². The van der Waals surface area contributed by atoms with Gasteiger partial charge in [0.2, 0.25) is 5.88 Å². The summed E-state index contributed by atoms with van der Waals surface area (Å²) in [4.78, 5) is 4.22. The SMILES string of the molecule is COc1ccc(C(CN)NC2CCCC2)cn1. The summed E-state index contributed by atoms with van der Waals surface area (Å²) in [6.07, 6.45) is 7.03. The maximum absolute atomic E-state index is 5.83. The first kappa shape index (κ1) is 12.3. The number of pyridine rings is 1. The van der Waals surface area contributed by atoms with Gasteiger partial charge >= 0.3 is 0 Å². The lowest BCUT2D eigenvalue weighted by atomic mass is 10.1. The zero-order chi connectivity index (χ0) is 12.1. The van der Waals surface area contributed by atoms with Crippen LogP contribution < -0.4 is 15.8 Å². The van der Waals surface area contributed by atoms with E-state index in [9.17, 15) is 0 Å². The largest absolute Gasteiger partial charge is 0.481 e. The molecule has 0 aliphatic heterocycles. The van der Waals surface area contributed by atoms with E-state index in [2.05, 4.69) is 10.3 Å². The maximum atomic E-state index is 5.83. The van der Waals surface area contributed by atoms with Gasteiger partial charge < -0.3 is 15.8 Å². The summed E-state index contributed by atoms with van der Waals surface area (Å²) in [6.45, 7) is 0.602. The summed E-state index contributed by atoms with van der Waals surface area (Å²) in [7, 11) is 1.62. The van der Waals surface area contributed by atoms with E-state index in [1.165, 1.54) is 25.7 Å². The number of aromatic nitrogens is 1. The third-order valence-corrected chi connectivity index (χ3v) is 3.40. The normalized spacial score (nSPS) is 18.2. The quantitative estimate of drug-likeness (QED) is 0.814. The van der Waals surface area contributed by atoms with Gasteiger partial charge in [0.25, 0.3) is 0 Å². The van der Waals surface area contributed by atoms with Crippen LogP contribution in [-0.2, 0) is 0 Å². The summed E-state index contributed by atoms with van der Waals surface area (Å²) in [6, 6.07) is 4.74. The monoisotopic (exact) mass is 235 g/mol. The minimum absolute atomic E-state index is 0.205. The molecule has 0 aromatic carbocycles. The first-order valence-corrected chi connectivity index (χ1v) is 6.29. The molecule has 0 bridgehead atoms. The second-order valence-electron chi connectivity index (χ2n) is 4.57. The summed E-state index contributed by atoms with van der Waals surface area (Å²) in [5, 5.41) is 3.61. The van der Waals surface area contributed by atoms with Crippen molar-refractivity contribution in [3.63, 3.8) is 0 Å². The Balaban J connectivity index is 2.00. The molecule has 3 N–H and O–H groups in total. The number of nitrogens with two attached hydrogens (primary N) is 1. The Bertz CT molecular complexity index is 333. The van der Waals surface area contributed by atoms with E-state index in [1.54, 1.807) is 7.11 Å². The minimum atomic E-state index is 0.205. The lowest BCUT2D eigenvalue weighted by Crippen LogP contribution is -2.35. The van der Waals surface area contributed by atoms with Crippen molar-refractivity contribution in [2.45, 2.75) is 37.8 Å². The molecule has 4 heteroatoms. The van der Waals surface area contributed by atoms with Crippen molar-refractivity contribution < 1.29 is 4.74 Å². The van der Waals surface area contributed by atoms with Gasteiger partial charge in [-0.2, -0.15) is 0 Å². The topological polar surface area (TPSA) is 60.2 Å². The van der Waals surface area contributed by atoms with Gasteiger partial charge in [-0.3, -0.25) is 0 Å². The molecule has 1 aliphatic rings. The number of methoxy groups -OCH3 is 1. The van der Waals surface area contributed by atoms with Crippen LogP contribution in [0.1, 0.15) is 37.3 Å². The Labute approximate surface area is 103 Å². The molecule has 1 heterocycles. The van der Waals surface area contributed by atoms with Gasteiger partial charge in [-0.1, -0.05) is 18.9 Å². The molecule has 1 unspecified atom stereocenters. The molecule has 94 valence electrons. The van der Waals surface area contributed by atoms with Crippen LogP contribution in [0.3, 0.4) is 0 Å². The van der Waals surface area contributed by atoms with Gasteiger partial charge in [-0.15, -0.1) is 0 Å². The van der Waals surface area contributed by atoms with E-state index >= 15 is 0 Å². The fourth-order valence-electron chi connectivity index (χ4n) is 2.40. The van der Waals surface area contributed by atoms with E-state index in [0.717, 1.165) is 5.56 Å². The highest BCUT2D eigenvalue weighted by Crippen LogP contribution is 2.22. The predicted molar refractivity (Wildman–Crippen MR) is 68.0 cm³/mol. The van der Waals surface area contributed by atoms with E-state index in [4.69, 9.17) is 10.5 Å². The summed E-state index contributed by atoms with van der Waals surface area (Å²) >= 11 is 0. The predicted octanol–water partition coefficient (Wildman–Crippen LogP) is 1.62. The van der Waals surface area contributed by atoms with Crippen molar-refractivity contribution in [3.05, 3.63) is 23.9 Å². The van der Waals surface area contributed by atoms with E-state index in [1.807, 2.05) is 18.3 Å². The minimum Gasteiger partial charge on any atom is -0.481 e. The lowest BCUT2D eigenvalue weighted by molar-refractivity contribution is 0.396. The van der Waals surface area contributed by atoms with Crippen molar-refractivity contribution in [1.82, 2.24) is 10.3 Å². The van der Waals surface area contributed by atoms with Crippen molar-refractivity contribution in [3.8, 4) is 5.88 Å². The van der Waals surface area contributed by atoms with Gasteiger partial charge in [0.15, 0.2) is 0 Å². The number of hydrogen-bond acceptors (Lipinski definition) is 4. The Kier molecular flexibility index (Phi) is 4.34. The highest BCUT2D eigenvalue weighted by Gasteiger charge is 2.19. The number of ether oxygens (including phenoxy) is 1. The zero-order valence-electron chi connectivity index (χ0n) is 10.4. The molecule has 4 nitrogen and oxygen atoms in total. The van der Waals surface area contributed by atoms with Gasteiger partial charge in [-0.25, -0.2) is 4.98 Å². The highest BCUT2D eigenvalue weighted by molar-refractivity contribution is 5.21. The smallest absolute Gasteiger partial charge is 0.212 e. The van der Waals surface area contributed by atoms with Crippen LogP contribution in [0.2, 0.25) is 0 Å². The number of nitrogens with one attached hydrogen (secondary N) is 1. The van der Waals surface area contributed by atoms with E-state index in [0.29, 0.717) is 18.5 Å². The molecule has 1 aliphatic carbocycles. The van der Waals surface area contributed by atoms with Crippen LogP contribution in [0.4, 0.5) is 0 Å². The number of hydrogen-bond donors (Lipinski definition) is 2. The number of nitrogens with zero attached hydrogens (tertiary/aromatic N) is 1. The van der Waals surface area contributed by atoms with Gasteiger partial charge in [0, 0.05) is 30.9 Å². The standard InChI is InChI=1S/C13H21N3O/c1-17-13-7-6-10(9-15-13)12(8-14)16-11-4-2-3-5-11/h6-7,9,11-12,16H,2-5,8,14H2,1H3. The Morgan fingerprint density at radius 2 is 2.24 bits per heavy atom. The average Bonchev–Trinajstić information content (AvgIpc) is 2.89. The van der Waals surface area contributed by atoms with Gasteiger partial charge in [0.05, 0.1) is 7.11 Å². The second-order valence-corrected chi connectivity index (χ2v) is 4.57. The molecule has 1 fully saturated rings. The molecular formula is C13H21N3O. The van der Waals surface area contributed by atoms with Crippen LogP contribution in [-0.4, -0.2) is 24.7 Å². The van der Waals surface area contributed by atoms with Crippen molar-refractivity contribution in [1.29, 1.82) is 0 Å².